The minimum Gasteiger partial charge on any atom is -0.372 e. The minimum atomic E-state index is -1.01. The number of rotatable bonds is 19. The lowest BCUT2D eigenvalue weighted by atomic mass is 9.93. The van der Waals surface area contributed by atoms with Gasteiger partial charge in [0.05, 0.1) is 0 Å². The number of nitrogens with zero attached hydrogens (tertiary/aromatic N) is 4. The Labute approximate surface area is 398 Å². The molecule has 0 aliphatic rings. The molecule has 0 N–H and O–H groups in total. The second-order valence-electron chi connectivity index (χ2n) is 16.8. The standard InChI is InChI=1S/C60H68N4P2/c1-9-61(10-2)47-27-35-51(36-28-47)65(52-37-29-48(30-38-52)62(11-3)12-4)57-43-25-45-21-17-19-23-55(45)59(57)60-56-24-20-18-22-46(56)26-44-58(60)66(53-39-31-49(32-40-53)63(13-5)14-6)54-41-33-50(34-42-54)64(15-7)16-8/h17-44H,9-16H2,1-8H3. The zero-order valence-corrected chi connectivity index (χ0v) is 42.3. The molecule has 0 amide bonds. The van der Waals surface area contributed by atoms with E-state index in [0.29, 0.717) is 0 Å². The molecule has 6 heteroatoms. The monoisotopic (exact) mass is 906 g/mol. The fourth-order valence-corrected chi connectivity index (χ4v) is 14.7. The van der Waals surface area contributed by atoms with Crippen molar-refractivity contribution in [3.8, 4) is 11.1 Å². The van der Waals surface area contributed by atoms with Crippen molar-refractivity contribution in [2.45, 2.75) is 55.4 Å². The van der Waals surface area contributed by atoms with Crippen LogP contribution in [0.4, 0.5) is 22.7 Å². The smallest absolute Gasteiger partial charge is 0.0366 e. The summed E-state index contributed by atoms with van der Waals surface area (Å²) in [4.78, 5) is 9.78. The Morgan fingerprint density at radius 2 is 0.515 bits per heavy atom. The fourth-order valence-electron chi connectivity index (χ4n) is 9.88. The van der Waals surface area contributed by atoms with Gasteiger partial charge >= 0.3 is 0 Å². The maximum absolute atomic E-state index is 2.48. The largest absolute Gasteiger partial charge is 0.372 e. The third kappa shape index (κ3) is 9.47. The van der Waals surface area contributed by atoms with Crippen molar-refractivity contribution in [1.82, 2.24) is 0 Å². The van der Waals surface area contributed by atoms with Crippen LogP contribution >= 0.6 is 15.8 Å². The summed E-state index contributed by atoms with van der Waals surface area (Å²) in [5.74, 6) is 0. The van der Waals surface area contributed by atoms with Crippen LogP contribution in [0, 0.1) is 0 Å². The average molecular weight is 907 g/mol. The van der Waals surface area contributed by atoms with Gasteiger partial charge in [0.2, 0.25) is 0 Å². The predicted molar refractivity (Wildman–Crippen MR) is 299 cm³/mol. The van der Waals surface area contributed by atoms with Gasteiger partial charge in [0.1, 0.15) is 0 Å². The zero-order valence-electron chi connectivity index (χ0n) is 40.5. The van der Waals surface area contributed by atoms with E-state index in [2.05, 4.69) is 245 Å². The lowest BCUT2D eigenvalue weighted by Gasteiger charge is -2.30. The third-order valence-corrected chi connectivity index (χ3v) is 18.5. The van der Waals surface area contributed by atoms with E-state index in [1.807, 2.05) is 0 Å². The van der Waals surface area contributed by atoms with Crippen LogP contribution in [0.2, 0.25) is 0 Å². The molecule has 0 unspecified atom stereocenters. The molecule has 8 aromatic carbocycles. The van der Waals surface area contributed by atoms with Crippen molar-refractivity contribution in [2.24, 2.45) is 0 Å². The molecule has 66 heavy (non-hydrogen) atoms. The molecule has 8 rings (SSSR count). The van der Waals surface area contributed by atoms with E-state index in [0.717, 1.165) is 52.4 Å². The molecule has 8 aromatic rings. The van der Waals surface area contributed by atoms with Crippen LogP contribution in [-0.4, -0.2) is 52.4 Å². The predicted octanol–water partition coefficient (Wildman–Crippen LogP) is 12.6. The number of hydrogen-bond acceptors (Lipinski definition) is 4. The Bertz CT molecular complexity index is 2500. The van der Waals surface area contributed by atoms with Gasteiger partial charge in [-0.25, -0.2) is 0 Å². The summed E-state index contributed by atoms with van der Waals surface area (Å²) in [6.07, 6.45) is 0. The molecule has 0 fully saturated rings. The van der Waals surface area contributed by atoms with E-state index >= 15 is 0 Å². The summed E-state index contributed by atoms with van der Waals surface area (Å²) in [6, 6.07) is 66.1. The van der Waals surface area contributed by atoms with Crippen molar-refractivity contribution in [3.05, 3.63) is 170 Å². The second-order valence-corrected chi connectivity index (χ2v) is 21.2. The molecular formula is C60H68N4P2. The van der Waals surface area contributed by atoms with Crippen LogP contribution in [0.1, 0.15) is 55.4 Å². The molecule has 0 saturated heterocycles. The van der Waals surface area contributed by atoms with E-state index in [1.54, 1.807) is 0 Å². The summed E-state index contributed by atoms with van der Waals surface area (Å²) < 4.78 is 0. The van der Waals surface area contributed by atoms with Crippen molar-refractivity contribution in [3.63, 3.8) is 0 Å². The van der Waals surface area contributed by atoms with Crippen LogP contribution in [-0.2, 0) is 0 Å². The highest BCUT2D eigenvalue weighted by Crippen LogP contribution is 2.46. The van der Waals surface area contributed by atoms with Gasteiger partial charge in [-0.3, -0.25) is 0 Å². The molecule has 338 valence electrons. The Morgan fingerprint density at radius 3 is 0.758 bits per heavy atom. The molecule has 0 spiro atoms. The summed E-state index contributed by atoms with van der Waals surface area (Å²) >= 11 is 0. The van der Waals surface area contributed by atoms with Crippen molar-refractivity contribution >= 4 is 92.0 Å². The van der Waals surface area contributed by atoms with Crippen LogP contribution in [0.5, 0.6) is 0 Å². The fraction of sp³-hybridized carbons (Fsp3) is 0.267. The van der Waals surface area contributed by atoms with Crippen LogP contribution in [0.15, 0.2) is 170 Å². The molecule has 0 aliphatic heterocycles. The summed E-state index contributed by atoms with van der Waals surface area (Å²) in [5.41, 5.74) is 7.79. The number of anilines is 4. The summed E-state index contributed by atoms with van der Waals surface area (Å²) in [5, 5.41) is 13.3. The van der Waals surface area contributed by atoms with E-state index < -0.39 is 15.8 Å². The van der Waals surface area contributed by atoms with Crippen molar-refractivity contribution in [2.75, 3.05) is 72.0 Å². The van der Waals surface area contributed by atoms with E-state index in [-0.39, 0.29) is 0 Å². The Kier molecular flexibility index (Phi) is 15.4. The topological polar surface area (TPSA) is 13.0 Å². The minimum absolute atomic E-state index is 0.982. The first-order valence-electron chi connectivity index (χ1n) is 24.4. The molecule has 0 saturated carbocycles. The maximum atomic E-state index is 2.48. The van der Waals surface area contributed by atoms with Gasteiger partial charge in [-0.05, 0) is 184 Å². The highest BCUT2D eigenvalue weighted by molar-refractivity contribution is 7.80. The Hall–Kier alpha value is -5.66. The molecule has 4 nitrogen and oxygen atoms in total. The first-order chi connectivity index (χ1) is 32.4. The van der Waals surface area contributed by atoms with Gasteiger partial charge in [-0.1, -0.05) is 121 Å². The first-order valence-corrected chi connectivity index (χ1v) is 27.1. The molecule has 0 radical (unpaired) electrons. The van der Waals surface area contributed by atoms with Crippen molar-refractivity contribution in [1.29, 1.82) is 0 Å². The Balaban J connectivity index is 1.45. The van der Waals surface area contributed by atoms with Crippen LogP contribution in [0.25, 0.3) is 32.7 Å². The Morgan fingerprint density at radius 1 is 0.273 bits per heavy atom. The lowest BCUT2D eigenvalue weighted by Crippen LogP contribution is -2.27. The molecule has 0 heterocycles. The summed E-state index contributed by atoms with van der Waals surface area (Å²) in [6.45, 7) is 25.8. The number of hydrogen-bond donors (Lipinski definition) is 0. The molecule has 0 bridgehead atoms. The SMILES string of the molecule is CCN(CC)c1ccc(P(c2ccc(N(CC)CC)cc2)c2ccc3ccccc3c2-c2c(P(c3ccc(N(CC)CC)cc3)c3ccc(N(CC)CC)cc3)ccc3ccccc23)cc1. The maximum Gasteiger partial charge on any atom is 0.0366 e. The second kappa shape index (κ2) is 21.8. The normalized spacial score (nSPS) is 11.5. The average Bonchev–Trinajstić information content (AvgIpc) is 3.37. The zero-order chi connectivity index (χ0) is 46.2. The van der Waals surface area contributed by atoms with Gasteiger partial charge < -0.3 is 19.6 Å². The van der Waals surface area contributed by atoms with Gasteiger partial charge in [-0.15, -0.1) is 0 Å². The van der Waals surface area contributed by atoms with Crippen LogP contribution in [0.3, 0.4) is 0 Å². The van der Waals surface area contributed by atoms with Gasteiger partial charge in [0, 0.05) is 75.1 Å². The molecule has 0 aliphatic carbocycles. The lowest BCUT2D eigenvalue weighted by molar-refractivity contribution is 0.866. The summed E-state index contributed by atoms with van der Waals surface area (Å²) in [7, 11) is -2.02. The van der Waals surface area contributed by atoms with Crippen molar-refractivity contribution < 1.29 is 0 Å². The quantitative estimate of drug-likeness (QED) is 0.0750. The molecule has 0 atom stereocenters. The van der Waals surface area contributed by atoms with E-state index in [4.69, 9.17) is 0 Å². The van der Waals surface area contributed by atoms with E-state index in [1.165, 1.54) is 87.2 Å². The van der Waals surface area contributed by atoms with Gasteiger partial charge in [0.15, 0.2) is 0 Å². The first kappa shape index (κ1) is 46.9. The third-order valence-electron chi connectivity index (χ3n) is 13.5. The molecule has 0 aromatic heterocycles. The number of fused-ring (bicyclic) bond motifs is 2. The highest BCUT2D eigenvalue weighted by Gasteiger charge is 2.29. The van der Waals surface area contributed by atoms with E-state index in [9.17, 15) is 0 Å². The van der Waals surface area contributed by atoms with Gasteiger partial charge in [-0.2, -0.15) is 0 Å². The highest BCUT2D eigenvalue weighted by atomic mass is 31.1. The molecular weight excluding hydrogens is 839 g/mol. The number of benzene rings is 8. The van der Waals surface area contributed by atoms with Crippen LogP contribution < -0.4 is 51.4 Å². The van der Waals surface area contributed by atoms with Gasteiger partial charge in [0.25, 0.3) is 0 Å².